The summed E-state index contributed by atoms with van der Waals surface area (Å²) in [4.78, 5) is 0. The lowest BCUT2D eigenvalue weighted by Gasteiger charge is -2.16. The molecular formula is C15H14F2IN. The molecule has 0 saturated heterocycles. The number of hydrogen-bond acceptors (Lipinski definition) is 1. The van der Waals surface area contributed by atoms with E-state index in [0.29, 0.717) is 0 Å². The summed E-state index contributed by atoms with van der Waals surface area (Å²) in [6.45, 7) is 1.99. The van der Waals surface area contributed by atoms with Crippen LogP contribution in [-0.2, 0) is 6.42 Å². The molecule has 1 atom stereocenters. The van der Waals surface area contributed by atoms with Gasteiger partial charge in [0.2, 0.25) is 0 Å². The average Bonchev–Trinajstić information content (AvgIpc) is 2.37. The Morgan fingerprint density at radius 1 is 1.11 bits per heavy atom. The zero-order chi connectivity index (χ0) is 14.0. The Morgan fingerprint density at radius 3 is 2.32 bits per heavy atom. The third-order valence-electron chi connectivity index (χ3n) is 3.11. The predicted molar refractivity (Wildman–Crippen MR) is 80.9 cm³/mol. The van der Waals surface area contributed by atoms with Gasteiger partial charge in [-0.05, 0) is 59.2 Å². The molecule has 100 valence electrons. The van der Waals surface area contributed by atoms with Crippen LogP contribution in [-0.4, -0.2) is 0 Å². The van der Waals surface area contributed by atoms with E-state index in [0.717, 1.165) is 14.7 Å². The Bertz CT molecular complexity index is 578. The molecule has 1 unspecified atom stereocenters. The highest BCUT2D eigenvalue weighted by Gasteiger charge is 2.16. The Balaban J connectivity index is 2.31. The summed E-state index contributed by atoms with van der Waals surface area (Å²) in [5.41, 5.74) is 8.18. The van der Waals surface area contributed by atoms with Gasteiger partial charge in [0.25, 0.3) is 0 Å². The Hall–Kier alpha value is -1.01. The first-order chi connectivity index (χ1) is 9.00. The maximum atomic E-state index is 13.6. The molecule has 0 heterocycles. The van der Waals surface area contributed by atoms with Gasteiger partial charge in [-0.1, -0.05) is 24.3 Å². The normalized spacial score (nSPS) is 12.5. The first-order valence-corrected chi connectivity index (χ1v) is 7.02. The maximum Gasteiger partial charge on any atom is 0.129 e. The zero-order valence-corrected chi connectivity index (χ0v) is 12.6. The van der Waals surface area contributed by atoms with Crippen LogP contribution in [0.2, 0.25) is 0 Å². The van der Waals surface area contributed by atoms with Crippen molar-refractivity contribution < 1.29 is 8.78 Å². The molecule has 1 nitrogen and oxygen atoms in total. The number of hydrogen-bond donors (Lipinski definition) is 1. The second-order valence-corrected chi connectivity index (χ2v) is 5.57. The summed E-state index contributed by atoms with van der Waals surface area (Å²) in [5.74, 6) is -1.09. The fourth-order valence-electron chi connectivity index (χ4n) is 2.01. The number of aryl methyl sites for hydroxylation is 1. The minimum atomic E-state index is -0.543. The number of halogens is 3. The molecule has 0 saturated carbocycles. The molecule has 0 amide bonds. The van der Waals surface area contributed by atoms with Gasteiger partial charge in [-0.2, -0.15) is 0 Å². The van der Waals surface area contributed by atoms with Crippen LogP contribution in [0.3, 0.4) is 0 Å². The van der Waals surface area contributed by atoms with Gasteiger partial charge < -0.3 is 5.73 Å². The van der Waals surface area contributed by atoms with Crippen molar-refractivity contribution in [2.75, 3.05) is 0 Å². The van der Waals surface area contributed by atoms with Crippen LogP contribution < -0.4 is 5.73 Å². The number of rotatable bonds is 3. The van der Waals surface area contributed by atoms with Crippen LogP contribution in [0.1, 0.15) is 22.7 Å². The summed E-state index contributed by atoms with van der Waals surface area (Å²) in [6, 6.07) is 9.25. The minimum absolute atomic E-state index is 0.0484. The van der Waals surface area contributed by atoms with Gasteiger partial charge in [-0.25, -0.2) is 8.78 Å². The minimum Gasteiger partial charge on any atom is -0.324 e. The van der Waals surface area contributed by atoms with E-state index < -0.39 is 17.7 Å². The summed E-state index contributed by atoms with van der Waals surface area (Å²) >= 11 is 2.21. The topological polar surface area (TPSA) is 26.0 Å². The lowest BCUT2D eigenvalue weighted by Crippen LogP contribution is -2.16. The molecule has 4 heteroatoms. The molecule has 0 bridgehead atoms. The van der Waals surface area contributed by atoms with Crippen LogP contribution in [0.5, 0.6) is 0 Å². The first kappa shape index (κ1) is 14.4. The molecule has 0 fully saturated rings. The molecule has 2 aromatic carbocycles. The van der Waals surface area contributed by atoms with Crippen LogP contribution in [0.25, 0.3) is 0 Å². The van der Waals surface area contributed by atoms with Crippen molar-refractivity contribution >= 4 is 22.6 Å². The molecule has 2 N–H and O–H groups in total. The summed E-state index contributed by atoms with van der Waals surface area (Å²) < 4.78 is 28.3. The van der Waals surface area contributed by atoms with E-state index in [1.54, 1.807) is 0 Å². The highest BCUT2D eigenvalue weighted by atomic mass is 127. The van der Waals surface area contributed by atoms with E-state index in [9.17, 15) is 8.78 Å². The third kappa shape index (κ3) is 3.12. The van der Waals surface area contributed by atoms with Crippen molar-refractivity contribution in [3.8, 4) is 0 Å². The van der Waals surface area contributed by atoms with Crippen molar-refractivity contribution in [2.24, 2.45) is 5.73 Å². The van der Waals surface area contributed by atoms with Crippen LogP contribution in [0.15, 0.2) is 36.4 Å². The quantitative estimate of drug-likeness (QED) is 0.805. The highest BCUT2D eigenvalue weighted by molar-refractivity contribution is 14.1. The molecule has 0 aliphatic heterocycles. The lowest BCUT2D eigenvalue weighted by atomic mass is 9.98. The second-order valence-electron chi connectivity index (χ2n) is 4.49. The lowest BCUT2D eigenvalue weighted by molar-refractivity contribution is 0.539. The molecule has 0 spiro atoms. The van der Waals surface area contributed by atoms with E-state index in [-0.39, 0.29) is 12.0 Å². The second kappa shape index (κ2) is 5.96. The summed E-state index contributed by atoms with van der Waals surface area (Å²) in [7, 11) is 0. The number of benzene rings is 2. The SMILES string of the molecule is Cc1cccc(C(N)Cc2c(F)cccc2F)c1I. The fraction of sp³-hybridized carbons (Fsp3) is 0.200. The van der Waals surface area contributed by atoms with Crippen molar-refractivity contribution in [1.29, 1.82) is 0 Å². The standard InChI is InChI=1S/C15H14F2IN/c1-9-4-2-5-10(15(9)18)14(19)8-11-12(16)6-3-7-13(11)17/h2-7,14H,8,19H2,1H3. The van der Waals surface area contributed by atoms with E-state index in [4.69, 9.17) is 5.73 Å². The first-order valence-electron chi connectivity index (χ1n) is 5.94. The predicted octanol–water partition coefficient (Wildman–Crippen LogP) is 4.12. The molecule has 0 aromatic heterocycles. The van der Waals surface area contributed by atoms with Crippen LogP contribution in [0, 0.1) is 22.1 Å². The van der Waals surface area contributed by atoms with Gasteiger partial charge in [-0.3, -0.25) is 0 Å². The molecule has 19 heavy (non-hydrogen) atoms. The molecule has 2 aromatic rings. The molecular weight excluding hydrogens is 359 g/mol. The van der Waals surface area contributed by atoms with E-state index in [1.807, 2.05) is 25.1 Å². The maximum absolute atomic E-state index is 13.6. The summed E-state index contributed by atoms with van der Waals surface area (Å²) in [6.07, 6.45) is 0.151. The summed E-state index contributed by atoms with van der Waals surface area (Å²) in [5, 5.41) is 0. The molecule has 2 rings (SSSR count). The molecule has 0 aliphatic rings. The van der Waals surface area contributed by atoms with Crippen LogP contribution in [0.4, 0.5) is 8.78 Å². The Morgan fingerprint density at radius 2 is 1.68 bits per heavy atom. The highest BCUT2D eigenvalue weighted by Crippen LogP contribution is 2.25. The van der Waals surface area contributed by atoms with Gasteiger partial charge >= 0.3 is 0 Å². The third-order valence-corrected chi connectivity index (χ3v) is 4.58. The van der Waals surface area contributed by atoms with Gasteiger partial charge in [0, 0.05) is 15.2 Å². The fourth-order valence-corrected chi connectivity index (χ4v) is 2.77. The van der Waals surface area contributed by atoms with Crippen molar-refractivity contribution in [2.45, 2.75) is 19.4 Å². The Kier molecular flexibility index (Phi) is 4.52. The largest absolute Gasteiger partial charge is 0.324 e. The zero-order valence-electron chi connectivity index (χ0n) is 10.5. The van der Waals surface area contributed by atoms with Crippen LogP contribution >= 0.6 is 22.6 Å². The number of nitrogens with two attached hydrogens (primary N) is 1. The van der Waals surface area contributed by atoms with E-state index >= 15 is 0 Å². The van der Waals surface area contributed by atoms with E-state index in [1.165, 1.54) is 18.2 Å². The van der Waals surface area contributed by atoms with Crippen molar-refractivity contribution in [3.05, 3.63) is 68.3 Å². The van der Waals surface area contributed by atoms with Gasteiger partial charge in [0.05, 0.1) is 0 Å². The van der Waals surface area contributed by atoms with Gasteiger partial charge in [0.15, 0.2) is 0 Å². The van der Waals surface area contributed by atoms with Gasteiger partial charge in [0.1, 0.15) is 11.6 Å². The van der Waals surface area contributed by atoms with Gasteiger partial charge in [-0.15, -0.1) is 0 Å². The average molecular weight is 373 g/mol. The van der Waals surface area contributed by atoms with Crippen molar-refractivity contribution in [3.63, 3.8) is 0 Å². The molecule has 0 radical (unpaired) electrons. The molecule has 0 aliphatic carbocycles. The smallest absolute Gasteiger partial charge is 0.129 e. The van der Waals surface area contributed by atoms with E-state index in [2.05, 4.69) is 22.6 Å². The monoisotopic (exact) mass is 373 g/mol. The Labute approximate surface area is 125 Å². The van der Waals surface area contributed by atoms with Crippen molar-refractivity contribution in [1.82, 2.24) is 0 Å².